The molecule has 2 rings (SSSR count). The largest absolute Gasteiger partial charge is 0.391 e. The van der Waals surface area contributed by atoms with E-state index in [0.717, 1.165) is 32.6 Å². The molecule has 100 valence electrons. The molecule has 1 fully saturated rings. The molecule has 1 heterocycles. The first-order valence-electron chi connectivity index (χ1n) is 6.94. The maximum atomic E-state index is 10.1. The first-order valence-corrected chi connectivity index (χ1v) is 6.94. The number of hydrogen-bond acceptors (Lipinski definition) is 3. The van der Waals surface area contributed by atoms with Crippen LogP contribution in [0.3, 0.4) is 0 Å². The van der Waals surface area contributed by atoms with Crippen LogP contribution < -0.4 is 5.32 Å². The SMILES string of the molecule is CCc1ccc(C(C(C)O)N2CCNCC2)cc1. The van der Waals surface area contributed by atoms with Gasteiger partial charge < -0.3 is 10.4 Å². The van der Waals surface area contributed by atoms with Gasteiger partial charge in [-0.3, -0.25) is 4.90 Å². The minimum Gasteiger partial charge on any atom is -0.391 e. The summed E-state index contributed by atoms with van der Waals surface area (Å²) in [6, 6.07) is 8.80. The number of nitrogens with zero attached hydrogens (tertiary/aromatic N) is 1. The summed E-state index contributed by atoms with van der Waals surface area (Å²) in [5, 5.41) is 13.4. The number of rotatable bonds is 4. The first kappa shape index (κ1) is 13.5. The molecular weight excluding hydrogens is 224 g/mol. The van der Waals surface area contributed by atoms with Gasteiger partial charge in [0, 0.05) is 26.2 Å². The molecule has 2 N–H and O–H groups in total. The predicted molar refractivity (Wildman–Crippen MR) is 74.7 cm³/mol. The van der Waals surface area contributed by atoms with Crippen LogP contribution in [0.25, 0.3) is 0 Å². The molecule has 0 aromatic heterocycles. The van der Waals surface area contributed by atoms with Crippen LogP contribution >= 0.6 is 0 Å². The van der Waals surface area contributed by atoms with Gasteiger partial charge in [-0.15, -0.1) is 0 Å². The molecule has 2 atom stereocenters. The average molecular weight is 248 g/mol. The van der Waals surface area contributed by atoms with E-state index in [2.05, 4.69) is 41.4 Å². The molecule has 1 saturated heterocycles. The second-order valence-corrected chi connectivity index (χ2v) is 5.07. The lowest BCUT2D eigenvalue weighted by Gasteiger charge is -2.36. The molecule has 1 aromatic carbocycles. The highest BCUT2D eigenvalue weighted by Gasteiger charge is 2.25. The molecule has 1 aromatic rings. The minimum absolute atomic E-state index is 0.123. The standard InChI is InChI=1S/C15H24N2O/c1-3-13-4-6-14(7-5-13)15(12(2)18)17-10-8-16-9-11-17/h4-7,12,15-16,18H,3,8-11H2,1-2H3. The van der Waals surface area contributed by atoms with Gasteiger partial charge in [0.05, 0.1) is 12.1 Å². The normalized spacial score (nSPS) is 20.6. The second-order valence-electron chi connectivity index (χ2n) is 5.07. The van der Waals surface area contributed by atoms with Crippen molar-refractivity contribution in [1.29, 1.82) is 0 Å². The van der Waals surface area contributed by atoms with Crippen LogP contribution in [-0.2, 0) is 6.42 Å². The number of benzene rings is 1. The molecule has 0 bridgehead atoms. The van der Waals surface area contributed by atoms with Gasteiger partial charge in [-0.25, -0.2) is 0 Å². The van der Waals surface area contributed by atoms with E-state index in [-0.39, 0.29) is 12.1 Å². The Labute approximate surface area is 110 Å². The molecule has 18 heavy (non-hydrogen) atoms. The van der Waals surface area contributed by atoms with E-state index in [4.69, 9.17) is 0 Å². The zero-order chi connectivity index (χ0) is 13.0. The van der Waals surface area contributed by atoms with Gasteiger partial charge in [0.2, 0.25) is 0 Å². The Morgan fingerprint density at radius 2 is 1.83 bits per heavy atom. The van der Waals surface area contributed by atoms with E-state index in [9.17, 15) is 5.11 Å². The van der Waals surface area contributed by atoms with E-state index in [1.807, 2.05) is 6.92 Å². The van der Waals surface area contributed by atoms with Crippen molar-refractivity contribution < 1.29 is 5.11 Å². The zero-order valence-electron chi connectivity index (χ0n) is 11.4. The number of aliphatic hydroxyl groups is 1. The zero-order valence-corrected chi connectivity index (χ0v) is 11.4. The van der Waals surface area contributed by atoms with Crippen LogP contribution in [0.15, 0.2) is 24.3 Å². The highest BCUT2D eigenvalue weighted by Crippen LogP contribution is 2.25. The Kier molecular flexibility index (Phi) is 4.75. The molecule has 1 aliphatic rings. The van der Waals surface area contributed by atoms with Crippen LogP contribution in [0.1, 0.15) is 31.0 Å². The lowest BCUT2D eigenvalue weighted by atomic mass is 9.98. The number of aryl methyl sites for hydroxylation is 1. The molecule has 1 aliphatic heterocycles. The maximum absolute atomic E-state index is 10.1. The van der Waals surface area contributed by atoms with Gasteiger partial charge >= 0.3 is 0 Å². The molecule has 0 saturated carbocycles. The molecule has 3 heteroatoms. The quantitative estimate of drug-likeness (QED) is 0.849. The summed E-state index contributed by atoms with van der Waals surface area (Å²) in [5.41, 5.74) is 2.58. The summed E-state index contributed by atoms with van der Waals surface area (Å²) >= 11 is 0. The topological polar surface area (TPSA) is 35.5 Å². The van der Waals surface area contributed by atoms with Crippen molar-refractivity contribution in [1.82, 2.24) is 10.2 Å². The Bertz CT molecular complexity index is 355. The van der Waals surface area contributed by atoms with E-state index in [0.29, 0.717) is 0 Å². The third kappa shape index (κ3) is 3.10. The number of aliphatic hydroxyl groups excluding tert-OH is 1. The average Bonchev–Trinajstić information content (AvgIpc) is 2.40. The molecule has 0 spiro atoms. The van der Waals surface area contributed by atoms with E-state index in [1.54, 1.807) is 0 Å². The molecular formula is C15H24N2O. The Balaban J connectivity index is 2.17. The van der Waals surface area contributed by atoms with Crippen molar-refractivity contribution in [3.8, 4) is 0 Å². The number of nitrogens with one attached hydrogen (secondary N) is 1. The Morgan fingerprint density at radius 1 is 1.22 bits per heavy atom. The van der Waals surface area contributed by atoms with Gasteiger partial charge in [0.25, 0.3) is 0 Å². The third-order valence-corrected chi connectivity index (χ3v) is 3.73. The lowest BCUT2D eigenvalue weighted by molar-refractivity contribution is 0.0525. The summed E-state index contributed by atoms with van der Waals surface area (Å²) in [4.78, 5) is 2.38. The molecule has 2 unspecified atom stereocenters. The van der Waals surface area contributed by atoms with Crippen molar-refractivity contribution >= 4 is 0 Å². The van der Waals surface area contributed by atoms with Crippen LogP contribution in [0, 0.1) is 0 Å². The molecule has 0 aliphatic carbocycles. The Morgan fingerprint density at radius 3 is 2.33 bits per heavy atom. The van der Waals surface area contributed by atoms with Gasteiger partial charge in [-0.05, 0) is 24.5 Å². The third-order valence-electron chi connectivity index (χ3n) is 3.73. The van der Waals surface area contributed by atoms with Gasteiger partial charge in [0.1, 0.15) is 0 Å². The maximum Gasteiger partial charge on any atom is 0.0708 e. The number of hydrogen-bond donors (Lipinski definition) is 2. The highest BCUT2D eigenvalue weighted by molar-refractivity contribution is 5.26. The highest BCUT2D eigenvalue weighted by atomic mass is 16.3. The Hall–Kier alpha value is -0.900. The molecule has 0 amide bonds. The summed E-state index contributed by atoms with van der Waals surface area (Å²) < 4.78 is 0. The van der Waals surface area contributed by atoms with Crippen LogP contribution in [0.4, 0.5) is 0 Å². The van der Waals surface area contributed by atoms with Crippen molar-refractivity contribution in [2.75, 3.05) is 26.2 Å². The minimum atomic E-state index is -0.337. The van der Waals surface area contributed by atoms with E-state index in [1.165, 1.54) is 11.1 Å². The van der Waals surface area contributed by atoms with E-state index >= 15 is 0 Å². The van der Waals surface area contributed by atoms with Gasteiger partial charge in [0.15, 0.2) is 0 Å². The molecule has 0 radical (unpaired) electrons. The van der Waals surface area contributed by atoms with E-state index < -0.39 is 0 Å². The van der Waals surface area contributed by atoms with Crippen molar-refractivity contribution in [2.45, 2.75) is 32.4 Å². The fourth-order valence-corrected chi connectivity index (χ4v) is 2.71. The fourth-order valence-electron chi connectivity index (χ4n) is 2.71. The fraction of sp³-hybridized carbons (Fsp3) is 0.600. The van der Waals surface area contributed by atoms with Crippen molar-refractivity contribution in [3.05, 3.63) is 35.4 Å². The summed E-state index contributed by atoms with van der Waals surface area (Å²) in [6.45, 7) is 8.08. The number of piperazine rings is 1. The lowest BCUT2D eigenvalue weighted by Crippen LogP contribution is -2.47. The summed E-state index contributed by atoms with van der Waals surface area (Å²) in [5.74, 6) is 0. The van der Waals surface area contributed by atoms with Crippen LogP contribution in [0.2, 0.25) is 0 Å². The molecule has 3 nitrogen and oxygen atoms in total. The summed E-state index contributed by atoms with van der Waals surface area (Å²) in [7, 11) is 0. The van der Waals surface area contributed by atoms with Gasteiger partial charge in [-0.1, -0.05) is 31.2 Å². The van der Waals surface area contributed by atoms with Crippen molar-refractivity contribution in [3.63, 3.8) is 0 Å². The predicted octanol–water partition coefficient (Wildman–Crippen LogP) is 1.58. The second kappa shape index (κ2) is 6.32. The smallest absolute Gasteiger partial charge is 0.0708 e. The summed E-state index contributed by atoms with van der Waals surface area (Å²) in [6.07, 6.45) is 0.725. The first-order chi connectivity index (χ1) is 8.72. The van der Waals surface area contributed by atoms with Crippen LogP contribution in [-0.4, -0.2) is 42.3 Å². The van der Waals surface area contributed by atoms with Crippen molar-refractivity contribution in [2.24, 2.45) is 0 Å². The van der Waals surface area contributed by atoms with Crippen LogP contribution in [0.5, 0.6) is 0 Å². The monoisotopic (exact) mass is 248 g/mol. The van der Waals surface area contributed by atoms with Gasteiger partial charge in [-0.2, -0.15) is 0 Å².